The molecule has 0 aliphatic carbocycles. The number of rotatable bonds is 2. The maximum atomic E-state index is 13.7. The summed E-state index contributed by atoms with van der Waals surface area (Å²) in [5.74, 6) is -2.41. The molecule has 0 unspecified atom stereocenters. The highest BCUT2D eigenvalue weighted by atomic mass is 19.1. The standard InChI is InChI=1S/C17H13F2N3O/c1-9-7-11-10(14(20)8-9)5-6-21-15(11)17(23)22-16-12(18)3-2-4-13(16)19/h2-8H,20H2,1H3,(H,22,23). The van der Waals surface area contributed by atoms with Crippen LogP contribution in [0, 0.1) is 18.6 Å². The molecule has 1 aromatic heterocycles. The molecule has 0 radical (unpaired) electrons. The van der Waals surface area contributed by atoms with E-state index in [1.54, 1.807) is 18.2 Å². The molecule has 23 heavy (non-hydrogen) atoms. The first-order valence-corrected chi connectivity index (χ1v) is 6.87. The number of nitrogens with two attached hydrogens (primary N) is 1. The number of carbonyl (C=O) groups is 1. The first kappa shape index (κ1) is 14.9. The lowest BCUT2D eigenvalue weighted by Crippen LogP contribution is -2.16. The van der Waals surface area contributed by atoms with Gasteiger partial charge in [-0.05, 0) is 42.8 Å². The van der Waals surface area contributed by atoms with Crippen LogP contribution in [0.15, 0.2) is 42.6 Å². The van der Waals surface area contributed by atoms with Gasteiger partial charge in [0.1, 0.15) is 23.0 Å². The Morgan fingerprint density at radius 1 is 1.13 bits per heavy atom. The van der Waals surface area contributed by atoms with Gasteiger partial charge in [-0.15, -0.1) is 0 Å². The molecule has 3 aromatic rings. The number of aryl methyl sites for hydroxylation is 1. The van der Waals surface area contributed by atoms with Crippen molar-refractivity contribution in [2.24, 2.45) is 0 Å². The van der Waals surface area contributed by atoms with Gasteiger partial charge in [-0.2, -0.15) is 0 Å². The number of amides is 1. The second kappa shape index (κ2) is 5.64. The number of para-hydroxylation sites is 1. The second-order valence-electron chi connectivity index (χ2n) is 5.16. The maximum Gasteiger partial charge on any atom is 0.275 e. The molecule has 0 atom stereocenters. The Morgan fingerprint density at radius 2 is 1.83 bits per heavy atom. The molecule has 0 saturated carbocycles. The number of aromatic nitrogens is 1. The van der Waals surface area contributed by atoms with Crippen molar-refractivity contribution < 1.29 is 13.6 Å². The SMILES string of the molecule is Cc1cc(N)c2ccnc(C(=O)Nc3c(F)cccc3F)c2c1. The maximum absolute atomic E-state index is 13.7. The van der Waals surface area contributed by atoms with Gasteiger partial charge in [0.05, 0.1) is 0 Å². The highest BCUT2D eigenvalue weighted by Gasteiger charge is 2.17. The normalized spacial score (nSPS) is 10.7. The van der Waals surface area contributed by atoms with Crippen LogP contribution in [0.1, 0.15) is 16.1 Å². The molecule has 0 bridgehead atoms. The van der Waals surface area contributed by atoms with E-state index in [9.17, 15) is 13.6 Å². The summed E-state index contributed by atoms with van der Waals surface area (Å²) in [5, 5.41) is 3.42. The molecule has 0 spiro atoms. The molecule has 1 amide bonds. The van der Waals surface area contributed by atoms with E-state index in [1.807, 2.05) is 6.92 Å². The van der Waals surface area contributed by atoms with Crippen molar-refractivity contribution in [2.75, 3.05) is 11.1 Å². The molecular formula is C17H13F2N3O. The van der Waals surface area contributed by atoms with Gasteiger partial charge in [0, 0.05) is 22.7 Å². The Labute approximate surface area is 131 Å². The number of nitrogens with one attached hydrogen (secondary N) is 1. The zero-order valence-electron chi connectivity index (χ0n) is 12.2. The number of nitrogens with zero attached hydrogens (tertiary/aromatic N) is 1. The highest BCUT2D eigenvalue weighted by Crippen LogP contribution is 2.26. The van der Waals surface area contributed by atoms with E-state index in [0.29, 0.717) is 16.5 Å². The zero-order valence-corrected chi connectivity index (χ0v) is 12.2. The van der Waals surface area contributed by atoms with Crippen molar-refractivity contribution in [3.8, 4) is 0 Å². The Balaban J connectivity index is 2.08. The fourth-order valence-electron chi connectivity index (χ4n) is 2.43. The minimum atomic E-state index is -0.853. The molecule has 1 heterocycles. The molecular weight excluding hydrogens is 300 g/mol. The minimum Gasteiger partial charge on any atom is -0.398 e. The molecule has 0 fully saturated rings. The highest BCUT2D eigenvalue weighted by molar-refractivity contribution is 6.13. The van der Waals surface area contributed by atoms with Crippen molar-refractivity contribution in [3.63, 3.8) is 0 Å². The molecule has 3 rings (SSSR count). The molecule has 0 saturated heterocycles. The number of fused-ring (bicyclic) bond motifs is 1. The third-order valence-corrected chi connectivity index (χ3v) is 3.47. The molecule has 6 heteroatoms. The smallest absolute Gasteiger partial charge is 0.275 e. The third kappa shape index (κ3) is 2.70. The van der Waals surface area contributed by atoms with Gasteiger partial charge in [0.2, 0.25) is 0 Å². The first-order valence-electron chi connectivity index (χ1n) is 6.87. The second-order valence-corrected chi connectivity index (χ2v) is 5.16. The topological polar surface area (TPSA) is 68.0 Å². The fraction of sp³-hybridized carbons (Fsp3) is 0.0588. The monoisotopic (exact) mass is 313 g/mol. The van der Waals surface area contributed by atoms with Gasteiger partial charge < -0.3 is 11.1 Å². The van der Waals surface area contributed by atoms with Crippen LogP contribution in [0.2, 0.25) is 0 Å². The lowest BCUT2D eigenvalue weighted by Gasteiger charge is -2.10. The molecule has 4 nitrogen and oxygen atoms in total. The number of hydrogen-bond acceptors (Lipinski definition) is 3. The number of anilines is 2. The van der Waals surface area contributed by atoms with Gasteiger partial charge in [0.25, 0.3) is 5.91 Å². The third-order valence-electron chi connectivity index (χ3n) is 3.47. The number of pyridine rings is 1. The van der Waals surface area contributed by atoms with Crippen molar-refractivity contribution in [3.05, 3.63) is 65.5 Å². The van der Waals surface area contributed by atoms with Gasteiger partial charge in [-0.1, -0.05) is 6.07 Å². The summed E-state index contributed by atoms with van der Waals surface area (Å²) in [6.45, 7) is 1.83. The van der Waals surface area contributed by atoms with Crippen molar-refractivity contribution >= 4 is 28.1 Å². The summed E-state index contributed by atoms with van der Waals surface area (Å²) in [7, 11) is 0. The predicted octanol–water partition coefficient (Wildman–Crippen LogP) is 3.66. The van der Waals surface area contributed by atoms with Crippen LogP contribution >= 0.6 is 0 Å². The van der Waals surface area contributed by atoms with E-state index >= 15 is 0 Å². The molecule has 0 aliphatic rings. The van der Waals surface area contributed by atoms with Gasteiger partial charge in [0.15, 0.2) is 0 Å². The largest absolute Gasteiger partial charge is 0.398 e. The summed E-state index contributed by atoms with van der Waals surface area (Å²) in [4.78, 5) is 16.4. The molecule has 116 valence electrons. The Bertz CT molecular complexity index is 905. The van der Waals surface area contributed by atoms with Crippen LogP contribution in [0.4, 0.5) is 20.2 Å². The van der Waals surface area contributed by atoms with E-state index in [1.165, 1.54) is 12.3 Å². The summed E-state index contributed by atoms with van der Waals surface area (Å²) < 4.78 is 27.3. The van der Waals surface area contributed by atoms with Crippen molar-refractivity contribution in [1.29, 1.82) is 0 Å². The number of benzene rings is 2. The number of nitrogen functional groups attached to an aromatic ring is 1. The lowest BCUT2D eigenvalue weighted by atomic mass is 10.0. The van der Waals surface area contributed by atoms with E-state index in [4.69, 9.17) is 5.73 Å². The molecule has 2 aromatic carbocycles. The molecule has 3 N–H and O–H groups in total. The van der Waals surface area contributed by atoms with Gasteiger partial charge in [-0.25, -0.2) is 8.78 Å². The van der Waals surface area contributed by atoms with E-state index < -0.39 is 23.2 Å². The summed E-state index contributed by atoms with van der Waals surface area (Å²) in [6, 6.07) is 8.58. The Hall–Kier alpha value is -3.02. The van der Waals surface area contributed by atoms with Crippen LogP contribution in [0.5, 0.6) is 0 Å². The summed E-state index contributed by atoms with van der Waals surface area (Å²) in [5.41, 5.74) is 6.86. The minimum absolute atomic E-state index is 0.0561. The predicted molar refractivity (Wildman–Crippen MR) is 85.2 cm³/mol. The van der Waals surface area contributed by atoms with Crippen molar-refractivity contribution in [2.45, 2.75) is 6.92 Å². The van der Waals surface area contributed by atoms with E-state index in [2.05, 4.69) is 10.3 Å². The van der Waals surface area contributed by atoms with Crippen LogP contribution < -0.4 is 11.1 Å². The van der Waals surface area contributed by atoms with Crippen LogP contribution in [-0.2, 0) is 0 Å². The quantitative estimate of drug-likeness (QED) is 0.710. The number of halogens is 2. The average molecular weight is 313 g/mol. The van der Waals surface area contributed by atoms with E-state index in [-0.39, 0.29) is 5.69 Å². The zero-order chi connectivity index (χ0) is 16.6. The van der Waals surface area contributed by atoms with Crippen LogP contribution in [0.3, 0.4) is 0 Å². The lowest BCUT2D eigenvalue weighted by molar-refractivity contribution is 0.102. The average Bonchev–Trinajstić information content (AvgIpc) is 2.50. The summed E-state index contributed by atoms with van der Waals surface area (Å²) in [6.07, 6.45) is 1.43. The van der Waals surface area contributed by atoms with Crippen LogP contribution in [-0.4, -0.2) is 10.9 Å². The fourth-order valence-corrected chi connectivity index (χ4v) is 2.43. The Morgan fingerprint density at radius 3 is 2.52 bits per heavy atom. The van der Waals surface area contributed by atoms with Gasteiger partial charge in [-0.3, -0.25) is 9.78 Å². The molecule has 0 aliphatic heterocycles. The van der Waals surface area contributed by atoms with Crippen molar-refractivity contribution in [1.82, 2.24) is 4.98 Å². The van der Waals surface area contributed by atoms with E-state index in [0.717, 1.165) is 17.7 Å². The number of carbonyl (C=O) groups excluding carboxylic acids is 1. The number of hydrogen-bond donors (Lipinski definition) is 2. The van der Waals surface area contributed by atoms with Crippen LogP contribution in [0.25, 0.3) is 10.8 Å². The first-order chi connectivity index (χ1) is 11.0. The van der Waals surface area contributed by atoms with Gasteiger partial charge >= 0.3 is 0 Å². The Kier molecular flexibility index (Phi) is 3.65. The summed E-state index contributed by atoms with van der Waals surface area (Å²) >= 11 is 0.